The molecule has 1 spiro atoms. The van der Waals surface area contributed by atoms with E-state index in [0.717, 1.165) is 51.7 Å². The van der Waals surface area contributed by atoms with E-state index in [1.165, 1.54) is 5.56 Å². The van der Waals surface area contributed by atoms with E-state index in [1.807, 2.05) is 0 Å². The van der Waals surface area contributed by atoms with Crippen molar-refractivity contribution < 1.29 is 9.59 Å². The van der Waals surface area contributed by atoms with Crippen molar-refractivity contribution in [3.63, 3.8) is 0 Å². The van der Waals surface area contributed by atoms with Gasteiger partial charge in [-0.05, 0) is 73.0 Å². The van der Waals surface area contributed by atoms with Gasteiger partial charge in [-0.1, -0.05) is 0 Å². The zero-order valence-corrected chi connectivity index (χ0v) is 15.7. The molecule has 5 nitrogen and oxygen atoms in total. The second-order valence-corrected chi connectivity index (χ2v) is 8.58. The maximum absolute atomic E-state index is 13.4. The molecule has 1 saturated carbocycles. The minimum Gasteiger partial charge on any atom is -0.333 e. The van der Waals surface area contributed by atoms with Gasteiger partial charge in [-0.25, -0.2) is 0 Å². The topological polar surface area (TPSA) is 52.7 Å². The molecule has 0 radical (unpaired) electrons. The summed E-state index contributed by atoms with van der Waals surface area (Å²) in [5, 5.41) is 7.64. The van der Waals surface area contributed by atoms with Crippen molar-refractivity contribution >= 4 is 23.2 Å². The number of nitrogens with one attached hydrogen (secondary N) is 1. The molecule has 2 aliphatic heterocycles. The van der Waals surface area contributed by atoms with Gasteiger partial charge in [0.1, 0.15) is 6.04 Å². The molecule has 2 atom stereocenters. The zero-order valence-electron chi connectivity index (χ0n) is 14.9. The van der Waals surface area contributed by atoms with Gasteiger partial charge in [0.25, 0.3) is 0 Å². The first-order valence-electron chi connectivity index (χ1n) is 9.40. The summed E-state index contributed by atoms with van der Waals surface area (Å²) in [6, 6.07) is 2.20. The van der Waals surface area contributed by atoms with Crippen molar-refractivity contribution in [2.45, 2.75) is 57.7 Å². The van der Waals surface area contributed by atoms with Gasteiger partial charge in [0.2, 0.25) is 11.8 Å². The summed E-state index contributed by atoms with van der Waals surface area (Å²) in [5.41, 5.74) is 1.53. The molecule has 2 unspecified atom stereocenters. The highest BCUT2D eigenvalue weighted by Gasteiger charge is 2.58. The lowest BCUT2D eigenvalue weighted by atomic mass is 9.93. The van der Waals surface area contributed by atoms with Crippen LogP contribution in [0.3, 0.4) is 0 Å². The van der Waals surface area contributed by atoms with Crippen molar-refractivity contribution in [1.29, 1.82) is 0 Å². The Bertz CT molecular complexity index is 639. The molecule has 3 fully saturated rings. The van der Waals surface area contributed by atoms with E-state index >= 15 is 0 Å². The number of likely N-dealkylation sites (tertiary alicyclic amines) is 1. The summed E-state index contributed by atoms with van der Waals surface area (Å²) in [5.74, 6) is 0.193. The summed E-state index contributed by atoms with van der Waals surface area (Å²) in [7, 11) is 0. The average molecular weight is 362 g/mol. The summed E-state index contributed by atoms with van der Waals surface area (Å²) in [4.78, 5) is 29.2. The van der Waals surface area contributed by atoms with E-state index in [-0.39, 0.29) is 17.9 Å². The van der Waals surface area contributed by atoms with Crippen LogP contribution in [0.25, 0.3) is 0 Å². The highest BCUT2D eigenvalue weighted by atomic mass is 32.1. The number of nitrogens with zero attached hydrogens (tertiary/aromatic N) is 2. The highest BCUT2D eigenvalue weighted by molar-refractivity contribution is 7.07. The van der Waals surface area contributed by atoms with E-state index < -0.39 is 0 Å². The number of hydrogen-bond acceptors (Lipinski definition) is 4. The lowest BCUT2D eigenvalue weighted by Gasteiger charge is -2.33. The fourth-order valence-corrected chi connectivity index (χ4v) is 5.40. The largest absolute Gasteiger partial charge is 0.333 e. The van der Waals surface area contributed by atoms with Gasteiger partial charge in [0.15, 0.2) is 0 Å². The molecule has 1 N–H and O–H groups in total. The molecule has 1 aromatic heterocycles. The van der Waals surface area contributed by atoms with Gasteiger partial charge in [-0.2, -0.15) is 11.3 Å². The monoisotopic (exact) mass is 361 g/mol. The molecule has 2 saturated heterocycles. The Balaban J connectivity index is 1.55. The lowest BCUT2D eigenvalue weighted by molar-refractivity contribution is -0.144. The third-order valence-electron chi connectivity index (χ3n) is 6.28. The number of rotatable bonds is 4. The molecule has 4 rings (SSSR count). The number of hydrogen-bond donors (Lipinski definition) is 1. The van der Waals surface area contributed by atoms with E-state index in [9.17, 15) is 9.59 Å². The van der Waals surface area contributed by atoms with Crippen LogP contribution in [0.5, 0.6) is 0 Å². The number of carbonyl (C=O) groups is 2. The van der Waals surface area contributed by atoms with E-state index in [4.69, 9.17) is 0 Å². The second-order valence-electron chi connectivity index (χ2n) is 7.80. The third-order valence-corrected chi connectivity index (χ3v) is 7.01. The smallest absolute Gasteiger partial charge is 0.245 e. The molecule has 1 aromatic rings. The second kappa shape index (κ2) is 6.72. The van der Waals surface area contributed by atoms with Crippen LogP contribution in [-0.2, 0) is 16.1 Å². The number of piperidine rings is 1. The van der Waals surface area contributed by atoms with Crippen molar-refractivity contribution in [1.82, 2.24) is 15.1 Å². The SMILES string of the molecule is CC(=O)N1CCCC1C(=O)N(Cc1ccsc1)C1CC12CCNCC2. The van der Waals surface area contributed by atoms with Crippen LogP contribution < -0.4 is 5.32 Å². The zero-order chi connectivity index (χ0) is 17.4. The standard InChI is InChI=1S/C19H27N3O2S/c1-14(23)21-9-2-3-16(21)18(24)22(12-15-4-10-25-13-15)17-11-19(17)5-7-20-8-6-19/h4,10,13,16-17,20H,2-3,5-9,11-12H2,1H3. The Morgan fingerprint density at radius 2 is 2.20 bits per heavy atom. The van der Waals surface area contributed by atoms with Gasteiger partial charge in [-0.15, -0.1) is 0 Å². The van der Waals surface area contributed by atoms with Gasteiger partial charge in [-0.3, -0.25) is 9.59 Å². The predicted molar refractivity (Wildman–Crippen MR) is 98.2 cm³/mol. The highest BCUT2D eigenvalue weighted by Crippen LogP contribution is 2.56. The Morgan fingerprint density at radius 1 is 1.40 bits per heavy atom. The first-order valence-corrected chi connectivity index (χ1v) is 10.3. The normalized spacial score (nSPS) is 27.5. The number of thiophene rings is 1. The van der Waals surface area contributed by atoms with Gasteiger partial charge in [0, 0.05) is 26.1 Å². The van der Waals surface area contributed by atoms with Crippen molar-refractivity contribution in [3.05, 3.63) is 22.4 Å². The van der Waals surface area contributed by atoms with Crippen LogP contribution in [0, 0.1) is 5.41 Å². The van der Waals surface area contributed by atoms with Gasteiger partial charge >= 0.3 is 0 Å². The Labute approximate surface area is 153 Å². The third kappa shape index (κ3) is 3.22. The molecule has 3 aliphatic rings. The summed E-state index contributed by atoms with van der Waals surface area (Å²) >= 11 is 1.68. The molecule has 25 heavy (non-hydrogen) atoms. The quantitative estimate of drug-likeness (QED) is 0.895. The number of amides is 2. The molecule has 0 aromatic carbocycles. The van der Waals surface area contributed by atoms with Crippen molar-refractivity contribution in [2.24, 2.45) is 5.41 Å². The first-order chi connectivity index (χ1) is 12.1. The molecule has 1 aliphatic carbocycles. The van der Waals surface area contributed by atoms with Crippen LogP contribution in [0.15, 0.2) is 16.8 Å². The summed E-state index contributed by atoms with van der Waals surface area (Å²) in [6.45, 7) is 5.10. The molecule has 136 valence electrons. The fourth-order valence-electron chi connectivity index (χ4n) is 4.74. The van der Waals surface area contributed by atoms with Gasteiger partial charge in [0.05, 0.1) is 0 Å². The van der Waals surface area contributed by atoms with Crippen LogP contribution in [0.2, 0.25) is 0 Å². The van der Waals surface area contributed by atoms with Crippen LogP contribution in [0.1, 0.15) is 44.6 Å². The average Bonchev–Trinajstić information content (AvgIpc) is 3.06. The maximum atomic E-state index is 13.4. The van der Waals surface area contributed by atoms with Crippen LogP contribution in [-0.4, -0.2) is 53.3 Å². The molecular weight excluding hydrogens is 334 g/mol. The lowest BCUT2D eigenvalue weighted by Crippen LogP contribution is -2.49. The maximum Gasteiger partial charge on any atom is 0.245 e. The molecule has 6 heteroatoms. The van der Waals surface area contributed by atoms with Gasteiger partial charge < -0.3 is 15.1 Å². The fraction of sp³-hybridized carbons (Fsp3) is 0.684. The van der Waals surface area contributed by atoms with Crippen molar-refractivity contribution in [2.75, 3.05) is 19.6 Å². The Kier molecular flexibility index (Phi) is 4.58. The summed E-state index contributed by atoms with van der Waals surface area (Å²) < 4.78 is 0. The minimum atomic E-state index is -0.254. The minimum absolute atomic E-state index is 0.0266. The van der Waals surface area contributed by atoms with E-state index in [2.05, 4.69) is 27.0 Å². The number of carbonyl (C=O) groups excluding carboxylic acids is 2. The first kappa shape index (κ1) is 17.0. The molecule has 0 bridgehead atoms. The molecular formula is C19H27N3O2S. The van der Waals surface area contributed by atoms with E-state index in [0.29, 0.717) is 18.0 Å². The van der Waals surface area contributed by atoms with Crippen molar-refractivity contribution in [3.8, 4) is 0 Å². The molecule has 2 amide bonds. The van der Waals surface area contributed by atoms with E-state index in [1.54, 1.807) is 23.2 Å². The van der Waals surface area contributed by atoms with Crippen LogP contribution >= 0.6 is 11.3 Å². The molecule has 3 heterocycles. The Morgan fingerprint density at radius 3 is 2.88 bits per heavy atom. The Hall–Kier alpha value is -1.40. The summed E-state index contributed by atoms with van der Waals surface area (Å²) in [6.07, 6.45) is 5.18. The predicted octanol–water partition coefficient (Wildman–Crippen LogP) is 2.23. The van der Waals surface area contributed by atoms with Crippen LogP contribution in [0.4, 0.5) is 0 Å².